The van der Waals surface area contributed by atoms with Gasteiger partial charge in [0, 0.05) is 29.8 Å². The Morgan fingerprint density at radius 2 is 2.19 bits per heavy atom. The summed E-state index contributed by atoms with van der Waals surface area (Å²) in [5.41, 5.74) is 9.01. The highest BCUT2D eigenvalue weighted by atomic mass is 32.2. The average molecular weight is 448 g/mol. The first-order chi connectivity index (χ1) is 15.6. The maximum Gasteiger partial charge on any atom is 0.293 e. The highest BCUT2D eigenvalue weighted by Crippen LogP contribution is 2.33. The van der Waals surface area contributed by atoms with Crippen molar-refractivity contribution in [1.82, 2.24) is 19.3 Å². The molecule has 0 spiro atoms. The summed E-state index contributed by atoms with van der Waals surface area (Å²) in [6, 6.07) is 8.16. The third-order valence-corrected chi connectivity index (χ3v) is 6.89. The topological polar surface area (TPSA) is 94.3 Å². The Bertz CT molecular complexity index is 1310. The van der Waals surface area contributed by atoms with Gasteiger partial charge in [-0.1, -0.05) is 18.1 Å². The molecule has 0 bridgehead atoms. The molecule has 32 heavy (non-hydrogen) atoms. The number of thioether (sulfide) groups is 1. The summed E-state index contributed by atoms with van der Waals surface area (Å²) >= 11 is 1.73. The predicted octanol–water partition coefficient (Wildman–Crippen LogP) is 2.42. The van der Waals surface area contributed by atoms with E-state index in [-0.39, 0.29) is 11.6 Å². The largest absolute Gasteiger partial charge is 0.341 e. The molecule has 2 aliphatic rings. The lowest BCUT2D eigenvalue weighted by Gasteiger charge is -2.31. The zero-order chi connectivity index (χ0) is 22.1. The van der Waals surface area contributed by atoms with Crippen LogP contribution in [0.1, 0.15) is 19.8 Å². The predicted molar refractivity (Wildman–Crippen MR) is 129 cm³/mol. The molecule has 8 nitrogen and oxygen atoms in total. The Morgan fingerprint density at radius 3 is 3.03 bits per heavy atom. The molecule has 0 radical (unpaired) electrons. The normalized spacial score (nSPS) is 18.1. The summed E-state index contributed by atoms with van der Waals surface area (Å²) in [6.45, 7) is 4.14. The van der Waals surface area contributed by atoms with Crippen molar-refractivity contribution in [2.45, 2.75) is 43.8 Å². The lowest BCUT2D eigenvalue weighted by atomic mass is 10.1. The molecule has 2 aliphatic heterocycles. The standard InChI is InChI=1S/C23H25N7OS/c1-2-3-11-29-21-19(27-23(29)28-10-6-7-16(24)13-28)12-25-30(22(21)31)14-17-15-32-20-9-5-4-8-18(20)26-17/h4-5,8-9,12,16H,6-7,10-11,13-15,24H2,1H3. The van der Waals surface area contributed by atoms with Gasteiger partial charge in [0.05, 0.1) is 30.7 Å². The van der Waals surface area contributed by atoms with E-state index in [4.69, 9.17) is 15.7 Å². The fourth-order valence-electron chi connectivity index (χ4n) is 4.22. The minimum Gasteiger partial charge on any atom is -0.341 e. The minimum absolute atomic E-state index is 0.105. The van der Waals surface area contributed by atoms with Crippen LogP contribution < -0.4 is 16.2 Å². The fourth-order valence-corrected chi connectivity index (χ4v) is 5.13. The van der Waals surface area contributed by atoms with Crippen molar-refractivity contribution in [3.8, 4) is 11.8 Å². The number of fused-ring (bicyclic) bond motifs is 2. The second kappa shape index (κ2) is 8.81. The molecule has 1 unspecified atom stereocenters. The molecule has 3 aromatic rings. The Balaban J connectivity index is 1.54. The number of rotatable bonds is 4. The van der Waals surface area contributed by atoms with Crippen LogP contribution in [0.4, 0.5) is 11.6 Å². The molecule has 2 N–H and O–H groups in total. The summed E-state index contributed by atoms with van der Waals surface area (Å²) in [7, 11) is 0. The number of anilines is 1. The number of aromatic nitrogens is 4. The van der Waals surface area contributed by atoms with Gasteiger partial charge in [-0.3, -0.25) is 14.4 Å². The number of aliphatic imine (C=N–C) groups is 1. The Labute approximate surface area is 190 Å². The molecule has 1 atom stereocenters. The molecule has 1 saturated heterocycles. The van der Waals surface area contributed by atoms with Crippen LogP contribution in [0.2, 0.25) is 0 Å². The van der Waals surface area contributed by atoms with E-state index in [0.717, 1.165) is 53.9 Å². The van der Waals surface area contributed by atoms with Crippen molar-refractivity contribution >= 4 is 40.1 Å². The van der Waals surface area contributed by atoms with Crippen molar-refractivity contribution < 1.29 is 0 Å². The van der Waals surface area contributed by atoms with Crippen LogP contribution in [0, 0.1) is 11.8 Å². The van der Waals surface area contributed by atoms with Crippen LogP contribution in [-0.2, 0) is 13.1 Å². The molecule has 2 aromatic heterocycles. The molecule has 164 valence electrons. The first-order valence-corrected chi connectivity index (χ1v) is 11.8. The first kappa shape index (κ1) is 20.8. The maximum atomic E-state index is 13.5. The Kier molecular flexibility index (Phi) is 5.72. The summed E-state index contributed by atoms with van der Waals surface area (Å²) in [5.74, 6) is 7.50. The lowest BCUT2D eigenvalue weighted by Crippen LogP contribution is -2.44. The molecule has 0 saturated carbocycles. The number of hydrogen-bond acceptors (Lipinski definition) is 7. The zero-order valence-corrected chi connectivity index (χ0v) is 18.8. The lowest BCUT2D eigenvalue weighted by molar-refractivity contribution is 0.496. The SMILES string of the molecule is CC#CCn1c(N2CCCC(N)C2)nc2cnn(CC3=Nc4ccccc4SC3)c(=O)c21. The van der Waals surface area contributed by atoms with Crippen LogP contribution in [0.15, 0.2) is 45.1 Å². The smallest absolute Gasteiger partial charge is 0.293 e. The van der Waals surface area contributed by atoms with Crippen LogP contribution in [0.3, 0.4) is 0 Å². The monoisotopic (exact) mass is 447 g/mol. The van der Waals surface area contributed by atoms with E-state index in [1.54, 1.807) is 24.9 Å². The van der Waals surface area contributed by atoms with Gasteiger partial charge < -0.3 is 10.6 Å². The van der Waals surface area contributed by atoms with Crippen molar-refractivity contribution in [3.05, 3.63) is 40.8 Å². The summed E-state index contributed by atoms with van der Waals surface area (Å²) in [4.78, 5) is 26.3. The number of nitrogens with zero attached hydrogens (tertiary/aromatic N) is 6. The van der Waals surface area contributed by atoms with Gasteiger partial charge in [-0.15, -0.1) is 17.7 Å². The van der Waals surface area contributed by atoms with E-state index in [1.165, 1.54) is 4.68 Å². The number of benzene rings is 1. The second-order valence-corrected chi connectivity index (χ2v) is 9.07. The maximum absolute atomic E-state index is 13.5. The quantitative estimate of drug-likeness (QED) is 0.618. The summed E-state index contributed by atoms with van der Waals surface area (Å²) in [6.07, 6.45) is 3.68. The van der Waals surface area contributed by atoms with Gasteiger partial charge >= 0.3 is 0 Å². The molecule has 1 aromatic carbocycles. The van der Waals surface area contributed by atoms with E-state index in [9.17, 15) is 4.79 Å². The van der Waals surface area contributed by atoms with E-state index < -0.39 is 0 Å². The molecule has 5 rings (SSSR count). The minimum atomic E-state index is -0.174. The van der Waals surface area contributed by atoms with E-state index in [1.807, 2.05) is 22.8 Å². The van der Waals surface area contributed by atoms with Crippen LogP contribution in [-0.4, -0.2) is 49.9 Å². The van der Waals surface area contributed by atoms with Gasteiger partial charge in [-0.05, 0) is 31.9 Å². The number of para-hydroxylation sites is 1. The zero-order valence-electron chi connectivity index (χ0n) is 18.0. The van der Waals surface area contributed by atoms with E-state index in [2.05, 4.69) is 27.9 Å². The van der Waals surface area contributed by atoms with Crippen molar-refractivity contribution in [2.75, 3.05) is 23.7 Å². The molecule has 1 fully saturated rings. The van der Waals surface area contributed by atoms with Crippen LogP contribution >= 0.6 is 11.8 Å². The second-order valence-electron chi connectivity index (χ2n) is 8.05. The average Bonchev–Trinajstić information content (AvgIpc) is 3.19. The van der Waals surface area contributed by atoms with Gasteiger partial charge in [0.25, 0.3) is 5.56 Å². The molecular weight excluding hydrogens is 422 g/mol. The molecule has 9 heteroatoms. The van der Waals surface area contributed by atoms with Gasteiger partial charge in [0.1, 0.15) is 11.0 Å². The molecule has 4 heterocycles. The van der Waals surface area contributed by atoms with Crippen molar-refractivity contribution in [1.29, 1.82) is 0 Å². The van der Waals surface area contributed by atoms with Crippen molar-refractivity contribution in [3.63, 3.8) is 0 Å². The number of nitrogens with two attached hydrogens (primary N) is 1. The van der Waals surface area contributed by atoms with E-state index in [0.29, 0.717) is 24.1 Å². The van der Waals surface area contributed by atoms with Crippen molar-refractivity contribution in [2.24, 2.45) is 10.7 Å². The highest BCUT2D eigenvalue weighted by Gasteiger charge is 2.24. The highest BCUT2D eigenvalue weighted by molar-refractivity contribution is 8.00. The first-order valence-electron chi connectivity index (χ1n) is 10.8. The van der Waals surface area contributed by atoms with E-state index >= 15 is 0 Å². The van der Waals surface area contributed by atoms with Gasteiger partial charge in [-0.25, -0.2) is 9.67 Å². The third-order valence-electron chi connectivity index (χ3n) is 5.76. The fraction of sp³-hybridized carbons (Fsp3) is 0.391. The number of imidazole rings is 1. The van der Waals surface area contributed by atoms with Crippen LogP contribution in [0.5, 0.6) is 0 Å². The Morgan fingerprint density at radius 1 is 1.31 bits per heavy atom. The number of hydrogen-bond donors (Lipinski definition) is 1. The van der Waals surface area contributed by atoms with Gasteiger partial charge in [-0.2, -0.15) is 5.10 Å². The van der Waals surface area contributed by atoms with Crippen LogP contribution in [0.25, 0.3) is 11.0 Å². The summed E-state index contributed by atoms with van der Waals surface area (Å²) in [5, 5.41) is 4.41. The summed E-state index contributed by atoms with van der Waals surface area (Å²) < 4.78 is 3.40. The van der Waals surface area contributed by atoms with Gasteiger partial charge in [0.15, 0.2) is 0 Å². The Hall–Kier alpha value is -3.09. The molecule has 0 amide bonds. The number of piperidine rings is 1. The molecule has 0 aliphatic carbocycles. The van der Waals surface area contributed by atoms with Gasteiger partial charge in [0.2, 0.25) is 5.95 Å². The third kappa shape index (κ3) is 3.92. The molecular formula is C23H25N7OS.